The minimum absolute atomic E-state index is 0. The van der Waals surface area contributed by atoms with Gasteiger partial charge >= 0.3 is 0 Å². The Morgan fingerprint density at radius 1 is 0.273 bits per heavy atom. The average Bonchev–Trinajstić information content (AvgIpc) is 2.67. The molecular weight excluding hydrogens is 310 g/mol. The average molecular weight is 330 g/mol. The molecule has 68 valence electrons. The van der Waals surface area contributed by atoms with Gasteiger partial charge < -0.3 is 0 Å². The summed E-state index contributed by atoms with van der Waals surface area (Å²) in [5.41, 5.74) is 0. The molecule has 11 heavy (non-hydrogen) atoms. The van der Waals surface area contributed by atoms with Crippen LogP contribution in [0.3, 0.4) is 0 Å². The molecule has 0 atom stereocenters. The third-order valence-electron chi connectivity index (χ3n) is 2.50. The molecule has 0 saturated heterocycles. The zero-order valence-electron chi connectivity index (χ0n) is 7.42. The summed E-state index contributed by atoms with van der Waals surface area (Å²) in [5, 5.41) is 0. The summed E-state index contributed by atoms with van der Waals surface area (Å²) in [6.07, 6.45) is 15.0. The van der Waals surface area contributed by atoms with Gasteiger partial charge in [-0.1, -0.05) is 64.2 Å². The third-order valence-corrected chi connectivity index (χ3v) is 2.50. The van der Waals surface area contributed by atoms with Crippen molar-refractivity contribution < 1.29 is 19.8 Å². The van der Waals surface area contributed by atoms with Crippen molar-refractivity contribution >= 4 is 0 Å². The molecular formula is C10H20Os. The van der Waals surface area contributed by atoms with Crippen LogP contribution in [-0.2, 0) is 19.8 Å². The molecule has 0 amide bonds. The fourth-order valence-corrected chi connectivity index (χ4v) is 1.77. The molecule has 2 aliphatic rings. The third kappa shape index (κ3) is 7.01. The van der Waals surface area contributed by atoms with Gasteiger partial charge in [0.15, 0.2) is 0 Å². The van der Waals surface area contributed by atoms with E-state index in [1.165, 1.54) is 64.2 Å². The Bertz CT molecular complexity index is 38.1. The van der Waals surface area contributed by atoms with Crippen molar-refractivity contribution in [1.29, 1.82) is 0 Å². The molecule has 0 nitrogen and oxygen atoms in total. The minimum atomic E-state index is 0. The van der Waals surface area contributed by atoms with Gasteiger partial charge in [-0.05, 0) is 0 Å². The van der Waals surface area contributed by atoms with E-state index in [0.29, 0.717) is 0 Å². The molecule has 0 N–H and O–H groups in total. The molecule has 0 heterocycles. The van der Waals surface area contributed by atoms with E-state index in [1.54, 1.807) is 0 Å². The van der Waals surface area contributed by atoms with E-state index in [2.05, 4.69) is 0 Å². The van der Waals surface area contributed by atoms with Gasteiger partial charge in [-0.2, -0.15) is 0 Å². The standard InChI is InChI=1S/2C5H10.Os/c2*1-2-4-5-3-1;/h2*1-5H2;. The van der Waals surface area contributed by atoms with Crippen molar-refractivity contribution in [3.05, 3.63) is 0 Å². The van der Waals surface area contributed by atoms with Crippen LogP contribution in [0.5, 0.6) is 0 Å². The van der Waals surface area contributed by atoms with Crippen LogP contribution < -0.4 is 0 Å². The Morgan fingerprint density at radius 2 is 0.364 bits per heavy atom. The van der Waals surface area contributed by atoms with E-state index in [1.807, 2.05) is 0 Å². The zero-order valence-corrected chi connectivity index (χ0v) is 9.97. The van der Waals surface area contributed by atoms with Crippen molar-refractivity contribution in [3.63, 3.8) is 0 Å². The van der Waals surface area contributed by atoms with E-state index >= 15 is 0 Å². The van der Waals surface area contributed by atoms with Crippen LogP contribution in [0.25, 0.3) is 0 Å². The van der Waals surface area contributed by atoms with Crippen molar-refractivity contribution in [2.75, 3.05) is 0 Å². The summed E-state index contributed by atoms with van der Waals surface area (Å²) < 4.78 is 0. The van der Waals surface area contributed by atoms with Gasteiger partial charge in [-0.3, -0.25) is 0 Å². The van der Waals surface area contributed by atoms with Crippen LogP contribution in [0.2, 0.25) is 0 Å². The second-order valence-corrected chi connectivity index (χ2v) is 3.54. The molecule has 1 heteroatoms. The van der Waals surface area contributed by atoms with Crippen LogP contribution in [0, 0.1) is 0 Å². The molecule has 0 aliphatic heterocycles. The summed E-state index contributed by atoms with van der Waals surface area (Å²) in [5.74, 6) is 0. The Balaban J connectivity index is 0.000000167. The Kier molecular flexibility index (Phi) is 9.24. The predicted molar refractivity (Wildman–Crippen MR) is 46.2 cm³/mol. The normalized spacial score (nSPS) is 21.8. The molecule has 2 saturated carbocycles. The maximum Gasteiger partial charge on any atom is 0 e. The van der Waals surface area contributed by atoms with Crippen LogP contribution in [0.1, 0.15) is 64.2 Å². The first-order valence-electron chi connectivity index (χ1n) is 5.00. The molecule has 2 aliphatic carbocycles. The Labute approximate surface area is 84.2 Å². The quantitative estimate of drug-likeness (QED) is 0.632. The van der Waals surface area contributed by atoms with E-state index in [-0.39, 0.29) is 19.8 Å². The maximum atomic E-state index is 1.50. The van der Waals surface area contributed by atoms with Crippen LogP contribution in [0.15, 0.2) is 0 Å². The summed E-state index contributed by atoms with van der Waals surface area (Å²) in [6, 6.07) is 0. The fourth-order valence-electron chi connectivity index (χ4n) is 1.77. The topological polar surface area (TPSA) is 0 Å². The summed E-state index contributed by atoms with van der Waals surface area (Å²) >= 11 is 0. The summed E-state index contributed by atoms with van der Waals surface area (Å²) in [6.45, 7) is 0. The van der Waals surface area contributed by atoms with E-state index in [0.717, 1.165) is 0 Å². The Morgan fingerprint density at radius 3 is 0.455 bits per heavy atom. The van der Waals surface area contributed by atoms with Crippen molar-refractivity contribution in [3.8, 4) is 0 Å². The summed E-state index contributed by atoms with van der Waals surface area (Å²) in [7, 11) is 0. The summed E-state index contributed by atoms with van der Waals surface area (Å²) in [4.78, 5) is 0. The van der Waals surface area contributed by atoms with Gasteiger partial charge in [0.05, 0.1) is 0 Å². The number of hydrogen-bond acceptors (Lipinski definition) is 0. The van der Waals surface area contributed by atoms with E-state index < -0.39 is 0 Å². The first kappa shape index (κ1) is 11.6. The van der Waals surface area contributed by atoms with Crippen molar-refractivity contribution in [1.82, 2.24) is 0 Å². The van der Waals surface area contributed by atoms with Gasteiger partial charge in [-0.15, -0.1) is 0 Å². The molecule has 0 radical (unpaired) electrons. The van der Waals surface area contributed by atoms with Gasteiger partial charge in [0.1, 0.15) is 0 Å². The second kappa shape index (κ2) is 8.73. The maximum absolute atomic E-state index is 1.50. The van der Waals surface area contributed by atoms with Crippen LogP contribution >= 0.6 is 0 Å². The molecule has 2 rings (SSSR count). The molecule has 0 unspecified atom stereocenters. The van der Waals surface area contributed by atoms with Crippen molar-refractivity contribution in [2.45, 2.75) is 64.2 Å². The van der Waals surface area contributed by atoms with Crippen molar-refractivity contribution in [2.24, 2.45) is 0 Å². The molecule has 0 aromatic rings. The van der Waals surface area contributed by atoms with E-state index in [9.17, 15) is 0 Å². The van der Waals surface area contributed by atoms with Crippen LogP contribution in [-0.4, -0.2) is 0 Å². The molecule has 0 spiro atoms. The van der Waals surface area contributed by atoms with Gasteiger partial charge in [0.2, 0.25) is 0 Å². The predicted octanol–water partition coefficient (Wildman–Crippen LogP) is 3.90. The van der Waals surface area contributed by atoms with E-state index in [4.69, 9.17) is 0 Å². The molecule has 2 fully saturated rings. The molecule has 0 aromatic heterocycles. The largest absolute Gasteiger partial charge is 0.0533 e. The fraction of sp³-hybridized carbons (Fsp3) is 1.00. The molecule has 0 aromatic carbocycles. The smallest absolute Gasteiger partial charge is 0 e. The number of hydrogen-bond donors (Lipinski definition) is 0. The second-order valence-electron chi connectivity index (χ2n) is 3.54. The zero-order chi connectivity index (χ0) is 7.07. The minimum Gasteiger partial charge on any atom is -0.0533 e. The monoisotopic (exact) mass is 332 g/mol. The first-order valence-corrected chi connectivity index (χ1v) is 5.00. The van der Waals surface area contributed by atoms with Crippen LogP contribution in [0.4, 0.5) is 0 Å². The molecule has 0 bridgehead atoms. The van der Waals surface area contributed by atoms with Gasteiger partial charge in [-0.25, -0.2) is 0 Å². The first-order chi connectivity index (χ1) is 5.00. The SMILES string of the molecule is C1CCCC1.C1CCCC1.[Os]. The van der Waals surface area contributed by atoms with Gasteiger partial charge in [0, 0.05) is 19.8 Å². The Hall–Kier alpha value is 0.636. The van der Waals surface area contributed by atoms with Gasteiger partial charge in [0.25, 0.3) is 0 Å². The number of rotatable bonds is 0.